The van der Waals surface area contributed by atoms with Gasteiger partial charge < -0.3 is 4.74 Å². The fourth-order valence-electron chi connectivity index (χ4n) is 0.485. The van der Waals surface area contributed by atoms with Gasteiger partial charge in [-0.05, 0) is 19.9 Å². The zero-order chi connectivity index (χ0) is 9.56. The predicted octanol–water partition coefficient (Wildman–Crippen LogP) is 1.36. The van der Waals surface area contributed by atoms with Gasteiger partial charge in [-0.15, -0.1) is 5.73 Å². The lowest BCUT2D eigenvalue weighted by molar-refractivity contribution is -0.153. The van der Waals surface area contributed by atoms with Gasteiger partial charge in [0.25, 0.3) is 0 Å². The lowest BCUT2D eigenvalue weighted by atomic mass is 10.3. The summed E-state index contributed by atoms with van der Waals surface area (Å²) >= 11 is 0. The highest BCUT2D eigenvalue weighted by atomic mass is 16.6. The largest absolute Gasteiger partial charge is 0.386 e. The first-order chi connectivity index (χ1) is 5.61. The van der Waals surface area contributed by atoms with Crippen LogP contribution in [-0.4, -0.2) is 11.9 Å². The highest BCUT2D eigenvalue weighted by Crippen LogP contribution is 1.94. The summed E-state index contributed by atoms with van der Waals surface area (Å²) in [6.45, 7) is 6.38. The molecule has 0 atom stereocenters. The third kappa shape index (κ3) is 3.54. The minimum absolute atomic E-state index is 0.257. The van der Waals surface area contributed by atoms with Crippen molar-refractivity contribution >= 4 is 11.9 Å². The fourth-order valence-corrected chi connectivity index (χ4v) is 0.485. The van der Waals surface area contributed by atoms with E-state index in [9.17, 15) is 9.59 Å². The van der Waals surface area contributed by atoms with Crippen LogP contribution in [0.5, 0.6) is 0 Å². The Bertz CT molecular complexity index is 267. The van der Waals surface area contributed by atoms with Gasteiger partial charge in [0.1, 0.15) is 0 Å². The predicted molar refractivity (Wildman–Crippen MR) is 44.2 cm³/mol. The van der Waals surface area contributed by atoms with E-state index >= 15 is 0 Å². The van der Waals surface area contributed by atoms with Gasteiger partial charge in [-0.25, -0.2) is 9.59 Å². The Kier molecular flexibility index (Phi) is 4.42. The van der Waals surface area contributed by atoms with Gasteiger partial charge in [-0.3, -0.25) is 0 Å². The minimum Gasteiger partial charge on any atom is -0.386 e. The maximum Gasteiger partial charge on any atom is 0.349 e. The van der Waals surface area contributed by atoms with Gasteiger partial charge in [0.05, 0.1) is 5.57 Å². The first-order valence-electron chi connectivity index (χ1n) is 3.38. The van der Waals surface area contributed by atoms with Crippen molar-refractivity contribution in [2.75, 3.05) is 0 Å². The van der Waals surface area contributed by atoms with Crippen molar-refractivity contribution in [2.45, 2.75) is 13.8 Å². The van der Waals surface area contributed by atoms with Gasteiger partial charge in [-0.1, -0.05) is 6.58 Å². The number of rotatable bonds is 2. The molecule has 0 aromatic rings. The van der Waals surface area contributed by atoms with Crippen LogP contribution in [0.4, 0.5) is 0 Å². The van der Waals surface area contributed by atoms with Crippen LogP contribution in [0.1, 0.15) is 13.8 Å². The van der Waals surface area contributed by atoms with E-state index in [4.69, 9.17) is 0 Å². The maximum absolute atomic E-state index is 10.9. The van der Waals surface area contributed by atoms with Crippen molar-refractivity contribution in [3.8, 4) is 0 Å². The molecule has 0 aliphatic rings. The second-order valence-electron chi connectivity index (χ2n) is 1.97. The van der Waals surface area contributed by atoms with E-state index in [2.05, 4.69) is 17.0 Å². The van der Waals surface area contributed by atoms with Gasteiger partial charge in [0.2, 0.25) is 0 Å². The fraction of sp³-hybridized carbons (Fsp3) is 0.222. The Hall–Kier alpha value is -1.60. The first kappa shape index (κ1) is 10.4. The van der Waals surface area contributed by atoms with Crippen LogP contribution in [0.15, 0.2) is 30.0 Å². The molecule has 0 aliphatic carbocycles. The highest BCUT2D eigenvalue weighted by Gasteiger charge is 2.07. The van der Waals surface area contributed by atoms with Crippen LogP contribution in [0.2, 0.25) is 0 Å². The molecule has 0 heterocycles. The summed E-state index contributed by atoms with van der Waals surface area (Å²) in [4.78, 5) is 21.4. The second-order valence-corrected chi connectivity index (χ2v) is 1.97. The Morgan fingerprint density at radius 3 is 2.50 bits per heavy atom. The molecular weight excluding hydrogens is 156 g/mol. The summed E-state index contributed by atoms with van der Waals surface area (Å²) in [5.74, 6) is -1.45. The highest BCUT2D eigenvalue weighted by molar-refractivity contribution is 5.98. The van der Waals surface area contributed by atoms with E-state index in [-0.39, 0.29) is 5.57 Å². The molecule has 0 saturated carbocycles. The van der Waals surface area contributed by atoms with Gasteiger partial charge in [0.15, 0.2) is 0 Å². The van der Waals surface area contributed by atoms with E-state index in [1.165, 1.54) is 6.92 Å². The van der Waals surface area contributed by atoms with Crippen LogP contribution in [0.25, 0.3) is 0 Å². The number of carbonyl (C=O) groups excluding carboxylic acids is 2. The molecule has 0 saturated heterocycles. The summed E-state index contributed by atoms with van der Waals surface area (Å²) in [6.07, 6.45) is 2.50. The van der Waals surface area contributed by atoms with Gasteiger partial charge in [-0.2, -0.15) is 0 Å². The molecule has 0 spiro atoms. The monoisotopic (exact) mass is 166 g/mol. The van der Waals surface area contributed by atoms with Crippen LogP contribution < -0.4 is 0 Å². The molecule has 0 fully saturated rings. The average Bonchev–Trinajstić information content (AvgIpc) is 2.04. The van der Waals surface area contributed by atoms with E-state index < -0.39 is 11.9 Å². The standard InChI is InChI=1S/C9H10O3/c1-4-6-7(3)9(11)12-8(10)5-2/h4-5H,2H2,1,3H3. The Morgan fingerprint density at radius 1 is 1.50 bits per heavy atom. The van der Waals surface area contributed by atoms with E-state index in [0.717, 1.165) is 6.08 Å². The first-order valence-corrected chi connectivity index (χ1v) is 3.38. The molecule has 3 nitrogen and oxygen atoms in total. The van der Waals surface area contributed by atoms with E-state index in [1.807, 2.05) is 0 Å². The molecule has 0 N–H and O–H groups in total. The third-order valence-electron chi connectivity index (χ3n) is 1.03. The maximum atomic E-state index is 10.9. The zero-order valence-corrected chi connectivity index (χ0v) is 7.09. The lowest BCUT2D eigenvalue weighted by Crippen LogP contribution is -2.10. The zero-order valence-electron chi connectivity index (χ0n) is 7.09. The molecule has 0 rings (SSSR count). The molecule has 0 aliphatic heterocycles. The molecule has 0 aromatic heterocycles. The van der Waals surface area contributed by atoms with Crippen molar-refractivity contribution in [3.05, 3.63) is 30.0 Å². The topological polar surface area (TPSA) is 43.4 Å². The van der Waals surface area contributed by atoms with E-state index in [1.54, 1.807) is 13.0 Å². The number of carbonyl (C=O) groups is 2. The molecule has 0 unspecified atom stereocenters. The lowest BCUT2D eigenvalue weighted by Gasteiger charge is -1.95. The quantitative estimate of drug-likeness (QED) is 0.269. The number of esters is 2. The van der Waals surface area contributed by atoms with Crippen LogP contribution in [0, 0.1) is 0 Å². The Morgan fingerprint density at radius 2 is 2.08 bits per heavy atom. The third-order valence-corrected chi connectivity index (χ3v) is 1.03. The molecule has 0 amide bonds. The molecule has 0 radical (unpaired) electrons. The number of hydrogen-bond acceptors (Lipinski definition) is 3. The summed E-state index contributed by atoms with van der Waals surface area (Å²) < 4.78 is 4.30. The summed E-state index contributed by atoms with van der Waals surface area (Å²) in [7, 11) is 0. The molecule has 64 valence electrons. The minimum atomic E-state index is -0.753. The number of ether oxygens (including phenoxy) is 1. The van der Waals surface area contributed by atoms with Crippen molar-refractivity contribution in [3.63, 3.8) is 0 Å². The smallest absolute Gasteiger partial charge is 0.349 e. The molecule has 0 aromatic carbocycles. The summed E-state index contributed by atoms with van der Waals surface area (Å²) in [5.41, 5.74) is 2.86. The number of hydrogen-bond donors (Lipinski definition) is 0. The van der Waals surface area contributed by atoms with Crippen LogP contribution >= 0.6 is 0 Å². The summed E-state index contributed by atoms with van der Waals surface area (Å²) in [5, 5.41) is 0. The van der Waals surface area contributed by atoms with Crippen molar-refractivity contribution in [1.82, 2.24) is 0 Å². The second kappa shape index (κ2) is 5.10. The average molecular weight is 166 g/mol. The molecule has 12 heavy (non-hydrogen) atoms. The normalized spacial score (nSPS) is 7.83. The van der Waals surface area contributed by atoms with Crippen molar-refractivity contribution in [2.24, 2.45) is 0 Å². The Balaban J connectivity index is 4.33. The van der Waals surface area contributed by atoms with Crippen LogP contribution in [0.3, 0.4) is 0 Å². The Labute approximate surface area is 71.0 Å². The van der Waals surface area contributed by atoms with Gasteiger partial charge >= 0.3 is 11.9 Å². The van der Waals surface area contributed by atoms with Gasteiger partial charge in [0, 0.05) is 6.08 Å². The SMILES string of the molecule is C=CC(=O)OC(=O)C(C)=C=CC. The van der Waals surface area contributed by atoms with E-state index in [0.29, 0.717) is 0 Å². The molecular formula is C9H10O3. The van der Waals surface area contributed by atoms with Crippen LogP contribution in [-0.2, 0) is 14.3 Å². The molecule has 3 heteroatoms. The van der Waals surface area contributed by atoms with Crippen molar-refractivity contribution in [1.29, 1.82) is 0 Å². The van der Waals surface area contributed by atoms with Crippen molar-refractivity contribution < 1.29 is 14.3 Å². The summed E-state index contributed by atoms with van der Waals surface area (Å²) in [6, 6.07) is 0. The molecule has 0 bridgehead atoms.